The van der Waals surface area contributed by atoms with Gasteiger partial charge in [-0.05, 0) is 36.0 Å². The number of carboxylic acid groups (broad SMARTS) is 1. The Morgan fingerprint density at radius 1 is 1.32 bits per heavy atom. The highest BCUT2D eigenvalue weighted by Gasteiger charge is 2.20. The summed E-state index contributed by atoms with van der Waals surface area (Å²) in [7, 11) is 0. The van der Waals surface area contributed by atoms with Crippen molar-refractivity contribution in [1.82, 2.24) is 5.32 Å². The number of benzene rings is 1. The predicted molar refractivity (Wildman–Crippen MR) is 85.1 cm³/mol. The van der Waals surface area contributed by atoms with Crippen LogP contribution in [-0.2, 0) is 4.79 Å². The molecule has 1 aromatic carbocycles. The minimum absolute atomic E-state index is 0.0290. The fourth-order valence-electron chi connectivity index (χ4n) is 2.47. The lowest BCUT2D eigenvalue weighted by Crippen LogP contribution is -2.34. The van der Waals surface area contributed by atoms with E-state index in [1.807, 2.05) is 0 Å². The molecule has 122 valence electrons. The summed E-state index contributed by atoms with van der Waals surface area (Å²) in [4.78, 5) is 22.7. The zero-order valence-electron chi connectivity index (χ0n) is 13.7. The van der Waals surface area contributed by atoms with Gasteiger partial charge in [0.2, 0.25) is 0 Å². The molecule has 5 heteroatoms. The number of amides is 1. The molecular weight excluding hydrogens is 282 g/mol. The Balaban J connectivity index is 2.62. The van der Waals surface area contributed by atoms with E-state index in [1.165, 1.54) is 0 Å². The number of nitrogens with one attached hydrogen (secondary N) is 1. The van der Waals surface area contributed by atoms with Gasteiger partial charge in [-0.1, -0.05) is 33.8 Å². The molecule has 2 N–H and O–H groups in total. The molecule has 1 aromatic rings. The van der Waals surface area contributed by atoms with Gasteiger partial charge in [0.05, 0.1) is 0 Å². The van der Waals surface area contributed by atoms with Crippen molar-refractivity contribution in [2.24, 2.45) is 11.3 Å². The zero-order chi connectivity index (χ0) is 16.8. The van der Waals surface area contributed by atoms with E-state index in [1.54, 1.807) is 24.3 Å². The molecule has 0 saturated carbocycles. The SMILES string of the molecule is CC(C)CC(C)(C)CNC(=O)c1cccc(OCC(=O)O)c1. The summed E-state index contributed by atoms with van der Waals surface area (Å²) in [5, 5.41) is 11.5. The molecule has 0 aliphatic heterocycles. The third kappa shape index (κ3) is 6.61. The number of hydrogen-bond donors (Lipinski definition) is 2. The van der Waals surface area contributed by atoms with Crippen molar-refractivity contribution in [2.45, 2.75) is 34.1 Å². The minimum atomic E-state index is -1.05. The molecule has 1 amide bonds. The molecule has 0 unspecified atom stereocenters. The summed E-state index contributed by atoms with van der Waals surface area (Å²) in [5.74, 6) is -0.293. The Morgan fingerprint density at radius 2 is 2.00 bits per heavy atom. The van der Waals surface area contributed by atoms with Crippen LogP contribution in [0.2, 0.25) is 0 Å². The van der Waals surface area contributed by atoms with Crippen LogP contribution in [-0.4, -0.2) is 30.1 Å². The average molecular weight is 307 g/mol. The fraction of sp³-hybridized carbons (Fsp3) is 0.529. The third-order valence-corrected chi connectivity index (χ3v) is 3.15. The Bertz CT molecular complexity index is 523. The van der Waals surface area contributed by atoms with E-state index in [0.717, 1.165) is 6.42 Å². The van der Waals surface area contributed by atoms with E-state index in [4.69, 9.17) is 9.84 Å². The molecule has 0 bridgehead atoms. The van der Waals surface area contributed by atoms with E-state index in [-0.39, 0.29) is 11.3 Å². The van der Waals surface area contributed by atoms with Crippen LogP contribution in [0.15, 0.2) is 24.3 Å². The maximum absolute atomic E-state index is 12.2. The Labute approximate surface area is 131 Å². The van der Waals surface area contributed by atoms with Gasteiger partial charge < -0.3 is 15.2 Å². The number of hydrogen-bond acceptors (Lipinski definition) is 3. The largest absolute Gasteiger partial charge is 0.482 e. The molecule has 0 aliphatic rings. The molecule has 0 atom stereocenters. The Kier molecular flexibility index (Phi) is 6.40. The van der Waals surface area contributed by atoms with Crippen molar-refractivity contribution < 1.29 is 19.4 Å². The first-order valence-electron chi connectivity index (χ1n) is 7.42. The van der Waals surface area contributed by atoms with E-state index in [9.17, 15) is 9.59 Å². The van der Waals surface area contributed by atoms with Gasteiger partial charge in [-0.25, -0.2) is 4.79 Å². The second-order valence-corrected chi connectivity index (χ2v) is 6.66. The van der Waals surface area contributed by atoms with Crippen LogP contribution in [0.25, 0.3) is 0 Å². The first-order chi connectivity index (χ1) is 10.2. The number of carbonyl (C=O) groups excluding carboxylic acids is 1. The molecular formula is C17H25NO4. The van der Waals surface area contributed by atoms with Crippen molar-refractivity contribution in [3.05, 3.63) is 29.8 Å². The lowest BCUT2D eigenvalue weighted by Gasteiger charge is -2.27. The zero-order valence-corrected chi connectivity index (χ0v) is 13.7. The summed E-state index contributed by atoms with van der Waals surface area (Å²) >= 11 is 0. The van der Waals surface area contributed by atoms with Gasteiger partial charge in [0.25, 0.3) is 5.91 Å². The van der Waals surface area contributed by atoms with Crippen molar-refractivity contribution >= 4 is 11.9 Å². The topological polar surface area (TPSA) is 75.6 Å². The van der Waals surface area contributed by atoms with Crippen LogP contribution < -0.4 is 10.1 Å². The summed E-state index contributed by atoms with van der Waals surface area (Å²) in [5.41, 5.74) is 0.490. The molecule has 0 heterocycles. The highest BCUT2D eigenvalue weighted by molar-refractivity contribution is 5.94. The number of ether oxygens (including phenoxy) is 1. The van der Waals surface area contributed by atoms with Crippen molar-refractivity contribution in [3.63, 3.8) is 0 Å². The van der Waals surface area contributed by atoms with Crippen LogP contribution >= 0.6 is 0 Å². The molecule has 5 nitrogen and oxygen atoms in total. The first-order valence-corrected chi connectivity index (χ1v) is 7.42. The lowest BCUT2D eigenvalue weighted by atomic mass is 9.84. The first kappa shape index (κ1) is 18.0. The summed E-state index contributed by atoms with van der Waals surface area (Å²) in [6.45, 7) is 8.73. The second-order valence-electron chi connectivity index (χ2n) is 6.66. The smallest absolute Gasteiger partial charge is 0.341 e. The molecule has 0 aliphatic carbocycles. The maximum atomic E-state index is 12.2. The number of carbonyl (C=O) groups is 2. The molecule has 0 aromatic heterocycles. The van der Waals surface area contributed by atoms with Gasteiger partial charge in [0.15, 0.2) is 6.61 Å². The summed E-state index contributed by atoms with van der Waals surface area (Å²) in [6.07, 6.45) is 1.02. The van der Waals surface area contributed by atoms with Gasteiger partial charge in [0, 0.05) is 12.1 Å². The molecule has 1 rings (SSSR count). The highest BCUT2D eigenvalue weighted by atomic mass is 16.5. The quantitative estimate of drug-likeness (QED) is 0.774. The standard InChI is InChI=1S/C17H25NO4/c1-12(2)9-17(3,4)11-18-16(21)13-6-5-7-14(8-13)22-10-15(19)20/h5-8,12H,9-11H2,1-4H3,(H,18,21)(H,19,20). The molecule has 0 radical (unpaired) electrons. The van der Waals surface area contributed by atoms with Crippen molar-refractivity contribution in [3.8, 4) is 5.75 Å². The van der Waals surface area contributed by atoms with Crippen molar-refractivity contribution in [2.75, 3.05) is 13.2 Å². The van der Waals surface area contributed by atoms with Crippen LogP contribution in [0.1, 0.15) is 44.5 Å². The fourth-order valence-corrected chi connectivity index (χ4v) is 2.47. The number of rotatable bonds is 8. The van der Waals surface area contributed by atoms with E-state index < -0.39 is 12.6 Å². The van der Waals surface area contributed by atoms with Gasteiger partial charge in [-0.15, -0.1) is 0 Å². The third-order valence-electron chi connectivity index (χ3n) is 3.15. The Morgan fingerprint density at radius 3 is 2.59 bits per heavy atom. The highest BCUT2D eigenvalue weighted by Crippen LogP contribution is 2.24. The van der Waals surface area contributed by atoms with Crippen LogP contribution in [0, 0.1) is 11.3 Å². The predicted octanol–water partition coefficient (Wildman–Crippen LogP) is 2.95. The monoisotopic (exact) mass is 307 g/mol. The molecule has 0 saturated heterocycles. The van der Waals surface area contributed by atoms with Gasteiger partial charge in [-0.3, -0.25) is 4.79 Å². The molecule has 22 heavy (non-hydrogen) atoms. The molecule has 0 fully saturated rings. The van der Waals surface area contributed by atoms with Gasteiger partial charge in [0.1, 0.15) is 5.75 Å². The van der Waals surface area contributed by atoms with Crippen LogP contribution in [0.3, 0.4) is 0 Å². The van der Waals surface area contributed by atoms with E-state index in [2.05, 4.69) is 33.0 Å². The lowest BCUT2D eigenvalue weighted by molar-refractivity contribution is -0.139. The van der Waals surface area contributed by atoms with E-state index in [0.29, 0.717) is 23.8 Å². The number of aliphatic carboxylic acids is 1. The summed E-state index contributed by atoms with van der Waals surface area (Å²) in [6, 6.07) is 6.53. The van der Waals surface area contributed by atoms with E-state index >= 15 is 0 Å². The molecule has 0 spiro atoms. The average Bonchev–Trinajstić information content (AvgIpc) is 2.41. The van der Waals surface area contributed by atoms with Gasteiger partial charge in [-0.2, -0.15) is 0 Å². The summed E-state index contributed by atoms with van der Waals surface area (Å²) < 4.78 is 5.08. The normalized spacial score (nSPS) is 11.3. The Hall–Kier alpha value is -2.04. The van der Waals surface area contributed by atoms with Crippen LogP contribution in [0.4, 0.5) is 0 Å². The van der Waals surface area contributed by atoms with Crippen LogP contribution in [0.5, 0.6) is 5.75 Å². The number of carboxylic acids is 1. The second kappa shape index (κ2) is 7.82. The maximum Gasteiger partial charge on any atom is 0.341 e. The van der Waals surface area contributed by atoms with Gasteiger partial charge >= 0.3 is 5.97 Å². The minimum Gasteiger partial charge on any atom is -0.482 e. The van der Waals surface area contributed by atoms with Crippen molar-refractivity contribution in [1.29, 1.82) is 0 Å².